The van der Waals surface area contributed by atoms with E-state index in [2.05, 4.69) is 32.5 Å². The third kappa shape index (κ3) is 7.06. The Labute approximate surface area is 175 Å². The van der Waals surface area contributed by atoms with Gasteiger partial charge in [-0.25, -0.2) is 9.97 Å². The number of guanidine groups is 1. The van der Waals surface area contributed by atoms with Crippen molar-refractivity contribution in [3.05, 3.63) is 40.0 Å². The van der Waals surface area contributed by atoms with Crippen LogP contribution in [-0.4, -0.2) is 36.1 Å². The lowest BCUT2D eigenvalue weighted by molar-refractivity contribution is 0.288. The van der Waals surface area contributed by atoms with Gasteiger partial charge in [-0.1, -0.05) is 0 Å². The zero-order valence-electron chi connectivity index (χ0n) is 15.2. The molecule has 2 heterocycles. The maximum Gasteiger partial charge on any atom is 0.213 e. The van der Waals surface area contributed by atoms with Crippen molar-refractivity contribution in [1.82, 2.24) is 20.6 Å². The van der Waals surface area contributed by atoms with E-state index in [4.69, 9.17) is 4.74 Å². The van der Waals surface area contributed by atoms with Crippen LogP contribution < -0.4 is 15.4 Å². The van der Waals surface area contributed by atoms with Crippen molar-refractivity contribution < 1.29 is 4.74 Å². The van der Waals surface area contributed by atoms with Crippen molar-refractivity contribution in [2.24, 2.45) is 10.9 Å². The average molecular weight is 487 g/mol. The summed E-state index contributed by atoms with van der Waals surface area (Å²) in [6.45, 7) is 4.34. The van der Waals surface area contributed by atoms with Crippen LogP contribution in [0.15, 0.2) is 29.5 Å². The molecule has 0 unspecified atom stereocenters. The fourth-order valence-electron chi connectivity index (χ4n) is 2.34. The first-order chi connectivity index (χ1) is 12.2. The Morgan fingerprint density at radius 2 is 2.19 bits per heavy atom. The molecular weight excluding hydrogens is 461 g/mol. The van der Waals surface area contributed by atoms with Gasteiger partial charge in [-0.2, -0.15) is 0 Å². The molecule has 1 aliphatic rings. The fourth-order valence-corrected chi connectivity index (χ4v) is 3.12. The van der Waals surface area contributed by atoms with Crippen LogP contribution in [0.4, 0.5) is 0 Å². The number of hydrogen-bond acceptors (Lipinski definition) is 5. The number of hydrogen-bond donors (Lipinski definition) is 2. The van der Waals surface area contributed by atoms with Crippen LogP contribution in [0.2, 0.25) is 0 Å². The molecule has 8 heteroatoms. The van der Waals surface area contributed by atoms with E-state index < -0.39 is 0 Å². The molecule has 2 aromatic rings. The lowest BCUT2D eigenvalue weighted by Crippen LogP contribution is -2.37. The number of rotatable bonds is 8. The molecule has 0 aliphatic heterocycles. The first-order valence-corrected chi connectivity index (χ1v) is 9.48. The molecule has 2 aromatic heterocycles. The number of thiazole rings is 1. The standard InChI is InChI=1S/C18H25N5OS.HI/c1-13-10-22-17(25-13)6-8-21-18(19-2)23-11-15-5-7-20-16(9-15)24-12-14-3-4-14;/h5,7,9-10,14H,3-4,6,8,11-12H2,1-2H3,(H2,19,21,23);1H. The van der Waals surface area contributed by atoms with Gasteiger partial charge in [-0.15, -0.1) is 35.3 Å². The minimum Gasteiger partial charge on any atom is -0.477 e. The number of aromatic nitrogens is 2. The van der Waals surface area contributed by atoms with E-state index in [1.54, 1.807) is 24.6 Å². The molecule has 6 nitrogen and oxygen atoms in total. The van der Waals surface area contributed by atoms with Gasteiger partial charge in [0.15, 0.2) is 5.96 Å². The zero-order valence-corrected chi connectivity index (χ0v) is 18.3. The highest BCUT2D eigenvalue weighted by atomic mass is 127. The maximum atomic E-state index is 5.73. The van der Waals surface area contributed by atoms with Crippen LogP contribution in [0.3, 0.4) is 0 Å². The van der Waals surface area contributed by atoms with E-state index >= 15 is 0 Å². The average Bonchev–Trinajstić information content (AvgIpc) is 3.37. The molecule has 1 aliphatic carbocycles. The Morgan fingerprint density at radius 1 is 1.35 bits per heavy atom. The molecule has 0 spiro atoms. The lowest BCUT2D eigenvalue weighted by atomic mass is 10.2. The number of pyridine rings is 1. The van der Waals surface area contributed by atoms with Crippen molar-refractivity contribution in [3.8, 4) is 5.88 Å². The highest BCUT2D eigenvalue weighted by Gasteiger charge is 2.22. The third-order valence-corrected chi connectivity index (χ3v) is 4.92. The second-order valence-electron chi connectivity index (χ2n) is 6.22. The highest BCUT2D eigenvalue weighted by Crippen LogP contribution is 2.29. The van der Waals surface area contributed by atoms with Gasteiger partial charge in [0, 0.05) is 49.9 Å². The summed E-state index contributed by atoms with van der Waals surface area (Å²) in [4.78, 5) is 14.1. The molecule has 0 aromatic carbocycles. The number of aliphatic imine (C=N–C) groups is 1. The van der Waals surface area contributed by atoms with E-state index in [1.807, 2.05) is 18.3 Å². The molecule has 26 heavy (non-hydrogen) atoms. The summed E-state index contributed by atoms with van der Waals surface area (Å²) in [5.41, 5.74) is 1.12. The Hall–Kier alpha value is -1.42. The Morgan fingerprint density at radius 3 is 2.88 bits per heavy atom. The van der Waals surface area contributed by atoms with Gasteiger partial charge in [0.1, 0.15) is 0 Å². The number of nitrogens with one attached hydrogen (secondary N) is 2. The van der Waals surface area contributed by atoms with E-state index in [0.29, 0.717) is 12.4 Å². The molecule has 0 atom stereocenters. The van der Waals surface area contributed by atoms with Gasteiger partial charge in [0.25, 0.3) is 0 Å². The molecular formula is C18H26IN5OS. The van der Waals surface area contributed by atoms with Gasteiger partial charge in [0.2, 0.25) is 5.88 Å². The first kappa shape index (κ1) is 20.9. The van der Waals surface area contributed by atoms with Crippen LogP contribution in [-0.2, 0) is 13.0 Å². The summed E-state index contributed by atoms with van der Waals surface area (Å²) in [7, 11) is 1.78. The SMILES string of the molecule is CN=C(NCCc1ncc(C)s1)NCc1ccnc(OCC2CC2)c1.I. The molecule has 0 bridgehead atoms. The minimum absolute atomic E-state index is 0. The fraction of sp³-hybridized carbons (Fsp3) is 0.500. The monoisotopic (exact) mass is 487 g/mol. The van der Waals surface area contributed by atoms with Crippen LogP contribution in [0.5, 0.6) is 5.88 Å². The summed E-state index contributed by atoms with van der Waals surface area (Å²) in [6.07, 6.45) is 7.17. The van der Waals surface area contributed by atoms with Crippen molar-refractivity contribution in [3.63, 3.8) is 0 Å². The van der Waals surface area contributed by atoms with Gasteiger partial charge in [-0.3, -0.25) is 4.99 Å². The van der Waals surface area contributed by atoms with Gasteiger partial charge in [0.05, 0.1) is 11.6 Å². The minimum atomic E-state index is 0. The van der Waals surface area contributed by atoms with Crippen LogP contribution in [0.1, 0.15) is 28.3 Å². The third-order valence-electron chi connectivity index (χ3n) is 3.95. The summed E-state index contributed by atoms with van der Waals surface area (Å²) in [6, 6.07) is 3.98. The summed E-state index contributed by atoms with van der Waals surface area (Å²) in [5, 5.41) is 7.78. The zero-order chi connectivity index (χ0) is 17.5. The van der Waals surface area contributed by atoms with Crippen molar-refractivity contribution in [2.45, 2.75) is 32.7 Å². The summed E-state index contributed by atoms with van der Waals surface area (Å²) < 4.78 is 5.73. The van der Waals surface area contributed by atoms with E-state index in [9.17, 15) is 0 Å². The van der Waals surface area contributed by atoms with Crippen LogP contribution >= 0.6 is 35.3 Å². The number of halogens is 1. The lowest BCUT2D eigenvalue weighted by Gasteiger charge is -2.12. The van der Waals surface area contributed by atoms with Crippen molar-refractivity contribution in [1.29, 1.82) is 0 Å². The molecule has 0 radical (unpaired) electrons. The summed E-state index contributed by atoms with van der Waals surface area (Å²) in [5.74, 6) is 2.21. The smallest absolute Gasteiger partial charge is 0.213 e. The number of aryl methyl sites for hydroxylation is 1. The normalized spacial score (nSPS) is 13.8. The van der Waals surface area contributed by atoms with E-state index in [-0.39, 0.29) is 24.0 Å². The predicted octanol–water partition coefficient (Wildman–Crippen LogP) is 3.16. The van der Waals surface area contributed by atoms with Gasteiger partial charge >= 0.3 is 0 Å². The van der Waals surface area contributed by atoms with Crippen molar-refractivity contribution >= 4 is 41.3 Å². The Kier molecular flexibility index (Phi) is 8.56. The number of ether oxygens (including phenoxy) is 1. The molecule has 2 N–H and O–H groups in total. The summed E-state index contributed by atoms with van der Waals surface area (Å²) >= 11 is 1.74. The second-order valence-corrected chi connectivity index (χ2v) is 7.54. The van der Waals surface area contributed by atoms with Gasteiger partial charge in [-0.05, 0) is 37.3 Å². The topological polar surface area (TPSA) is 71.4 Å². The molecule has 1 saturated carbocycles. The highest BCUT2D eigenvalue weighted by molar-refractivity contribution is 14.0. The molecule has 3 rings (SSSR count). The van der Waals surface area contributed by atoms with Crippen LogP contribution in [0.25, 0.3) is 0 Å². The number of nitrogens with zero attached hydrogens (tertiary/aromatic N) is 3. The second kappa shape index (κ2) is 10.7. The Balaban J connectivity index is 0.00000243. The van der Waals surface area contributed by atoms with E-state index in [0.717, 1.165) is 42.0 Å². The molecule has 0 amide bonds. The molecule has 142 valence electrons. The first-order valence-electron chi connectivity index (χ1n) is 8.66. The molecule has 1 fully saturated rings. The quantitative estimate of drug-likeness (QED) is 0.340. The van der Waals surface area contributed by atoms with Crippen LogP contribution in [0, 0.1) is 12.8 Å². The maximum absolute atomic E-state index is 5.73. The predicted molar refractivity (Wildman–Crippen MR) is 117 cm³/mol. The Bertz CT molecular complexity index is 717. The van der Waals surface area contributed by atoms with E-state index in [1.165, 1.54) is 17.7 Å². The largest absolute Gasteiger partial charge is 0.477 e. The van der Waals surface area contributed by atoms with Crippen molar-refractivity contribution in [2.75, 3.05) is 20.2 Å². The molecule has 0 saturated heterocycles. The van der Waals surface area contributed by atoms with Gasteiger partial charge < -0.3 is 15.4 Å².